The molecule has 0 spiro atoms. The van der Waals surface area contributed by atoms with E-state index in [4.69, 9.17) is 5.26 Å². The van der Waals surface area contributed by atoms with Crippen LogP contribution in [-0.4, -0.2) is 55.1 Å². The highest BCUT2D eigenvalue weighted by Crippen LogP contribution is 2.31. The van der Waals surface area contributed by atoms with Gasteiger partial charge in [-0.1, -0.05) is 25.1 Å². The van der Waals surface area contributed by atoms with Crippen LogP contribution in [0.25, 0.3) is 0 Å². The minimum Gasteiger partial charge on any atom is -0.348 e. The van der Waals surface area contributed by atoms with Crippen LogP contribution in [0.15, 0.2) is 53.4 Å². The lowest BCUT2D eigenvalue weighted by molar-refractivity contribution is -0.137. The maximum atomic E-state index is 13.3. The number of nitrogens with zero attached hydrogens (tertiary/aromatic N) is 3. The van der Waals surface area contributed by atoms with Crippen LogP contribution >= 0.6 is 0 Å². The molecule has 2 fully saturated rings. The first-order valence-corrected chi connectivity index (χ1v) is 13.7. The van der Waals surface area contributed by atoms with Crippen molar-refractivity contribution in [3.63, 3.8) is 0 Å². The molecule has 2 amide bonds. The van der Waals surface area contributed by atoms with Gasteiger partial charge in [0.15, 0.2) is 0 Å². The third-order valence-electron chi connectivity index (χ3n) is 6.93. The fourth-order valence-electron chi connectivity index (χ4n) is 4.70. The molecule has 1 unspecified atom stereocenters. The molecule has 38 heavy (non-hydrogen) atoms. The number of carbonyl (C=O) groups excluding carboxylic acids is 2. The number of benzene rings is 2. The number of nitrogens with one attached hydrogen (secondary N) is 1. The molecule has 2 aromatic rings. The van der Waals surface area contributed by atoms with Crippen LogP contribution in [0, 0.1) is 17.2 Å². The Hall–Kier alpha value is -3.43. The Labute approximate surface area is 219 Å². The van der Waals surface area contributed by atoms with Crippen LogP contribution < -0.4 is 5.32 Å². The molecule has 2 atom stereocenters. The molecule has 8 nitrogen and oxygen atoms in total. The minimum atomic E-state index is -4.46. The van der Waals surface area contributed by atoms with Crippen molar-refractivity contribution in [3.05, 3.63) is 65.2 Å². The zero-order valence-electron chi connectivity index (χ0n) is 20.6. The average Bonchev–Trinajstić information content (AvgIpc) is 3.36. The number of hydrogen-bond donors (Lipinski definition) is 1. The summed E-state index contributed by atoms with van der Waals surface area (Å²) < 4.78 is 65.6. The van der Waals surface area contributed by atoms with E-state index in [2.05, 4.69) is 5.32 Å². The predicted octanol–water partition coefficient (Wildman–Crippen LogP) is 3.72. The number of nitriles is 1. The van der Waals surface area contributed by atoms with E-state index in [9.17, 15) is 31.2 Å². The maximum absolute atomic E-state index is 13.3. The van der Waals surface area contributed by atoms with Crippen LogP contribution in [0.3, 0.4) is 0 Å². The van der Waals surface area contributed by atoms with E-state index in [1.54, 1.807) is 6.92 Å². The Morgan fingerprint density at radius 2 is 1.84 bits per heavy atom. The van der Waals surface area contributed by atoms with Crippen molar-refractivity contribution in [3.8, 4) is 6.07 Å². The van der Waals surface area contributed by atoms with Gasteiger partial charge in [0.2, 0.25) is 15.9 Å². The van der Waals surface area contributed by atoms with Gasteiger partial charge in [0.1, 0.15) is 6.04 Å². The minimum absolute atomic E-state index is 0.0618. The molecule has 2 aliphatic rings. The Morgan fingerprint density at radius 1 is 1.16 bits per heavy atom. The number of likely N-dealkylation sites (tertiary alicyclic amines) is 1. The summed E-state index contributed by atoms with van der Waals surface area (Å²) in [4.78, 5) is 27.8. The molecule has 1 N–H and O–H groups in total. The summed E-state index contributed by atoms with van der Waals surface area (Å²) in [6, 6.07) is 10.9. The van der Waals surface area contributed by atoms with Gasteiger partial charge in [-0.3, -0.25) is 9.59 Å². The molecule has 0 aromatic heterocycles. The molecule has 2 heterocycles. The summed E-state index contributed by atoms with van der Waals surface area (Å²) in [7, 11) is -3.86. The lowest BCUT2D eigenvalue weighted by atomic mass is 10.0. The van der Waals surface area contributed by atoms with E-state index in [0.717, 1.165) is 12.1 Å². The Bertz CT molecular complexity index is 1350. The summed E-state index contributed by atoms with van der Waals surface area (Å²) in [5.41, 5.74) is -0.136. The molecule has 202 valence electrons. The van der Waals surface area contributed by atoms with Crippen molar-refractivity contribution in [2.45, 2.75) is 49.3 Å². The Morgan fingerprint density at radius 3 is 2.45 bits per heavy atom. The largest absolute Gasteiger partial charge is 0.416 e. The van der Waals surface area contributed by atoms with Gasteiger partial charge in [0.25, 0.3) is 5.91 Å². The van der Waals surface area contributed by atoms with Gasteiger partial charge in [-0.05, 0) is 55.2 Å². The Kier molecular flexibility index (Phi) is 7.80. The second kappa shape index (κ2) is 10.7. The molecule has 2 aromatic carbocycles. The molecule has 2 saturated heterocycles. The first-order valence-electron chi connectivity index (χ1n) is 12.2. The molecule has 0 aliphatic carbocycles. The first-order chi connectivity index (χ1) is 18.0. The van der Waals surface area contributed by atoms with Crippen molar-refractivity contribution in [1.82, 2.24) is 14.5 Å². The fraction of sp³-hybridized carbons (Fsp3) is 0.423. The van der Waals surface area contributed by atoms with Gasteiger partial charge in [0.05, 0.1) is 28.5 Å². The first kappa shape index (κ1) is 27.6. The second-order valence-electron chi connectivity index (χ2n) is 9.42. The number of hydrogen-bond acceptors (Lipinski definition) is 5. The van der Waals surface area contributed by atoms with Gasteiger partial charge in [-0.2, -0.15) is 22.7 Å². The van der Waals surface area contributed by atoms with E-state index in [1.807, 2.05) is 6.07 Å². The molecule has 0 saturated carbocycles. The highest BCUT2D eigenvalue weighted by atomic mass is 32.2. The number of halogens is 3. The summed E-state index contributed by atoms with van der Waals surface area (Å²) >= 11 is 0. The van der Waals surface area contributed by atoms with E-state index >= 15 is 0 Å². The van der Waals surface area contributed by atoms with E-state index in [1.165, 1.54) is 45.6 Å². The normalized spacial score (nSPS) is 19.4. The van der Waals surface area contributed by atoms with Crippen LogP contribution in [0.1, 0.15) is 53.7 Å². The van der Waals surface area contributed by atoms with Crippen LogP contribution in [-0.2, 0) is 21.0 Å². The Balaban J connectivity index is 1.47. The second-order valence-corrected chi connectivity index (χ2v) is 11.4. The van der Waals surface area contributed by atoms with Crippen molar-refractivity contribution >= 4 is 21.8 Å². The third kappa shape index (κ3) is 5.54. The molecule has 0 bridgehead atoms. The molecular weight excluding hydrogens is 521 g/mol. The lowest BCUT2D eigenvalue weighted by Gasteiger charge is -2.34. The van der Waals surface area contributed by atoms with Crippen LogP contribution in [0.5, 0.6) is 0 Å². The topological polar surface area (TPSA) is 111 Å². The highest BCUT2D eigenvalue weighted by molar-refractivity contribution is 7.89. The summed E-state index contributed by atoms with van der Waals surface area (Å²) in [5.74, 6) is -1.26. The van der Waals surface area contributed by atoms with Crippen LogP contribution in [0.4, 0.5) is 13.2 Å². The van der Waals surface area contributed by atoms with Crippen molar-refractivity contribution < 1.29 is 31.2 Å². The smallest absolute Gasteiger partial charge is 0.348 e. The fourth-order valence-corrected chi connectivity index (χ4v) is 6.27. The van der Waals surface area contributed by atoms with Gasteiger partial charge < -0.3 is 10.2 Å². The van der Waals surface area contributed by atoms with Gasteiger partial charge in [-0.25, -0.2) is 8.42 Å². The van der Waals surface area contributed by atoms with E-state index in [0.29, 0.717) is 31.4 Å². The zero-order chi connectivity index (χ0) is 27.7. The molecular formula is C26H27F3N4O4S. The van der Waals surface area contributed by atoms with E-state index < -0.39 is 45.7 Å². The summed E-state index contributed by atoms with van der Waals surface area (Å²) in [6.07, 6.45) is -3.05. The van der Waals surface area contributed by atoms with Gasteiger partial charge >= 0.3 is 6.18 Å². The number of amides is 2. The van der Waals surface area contributed by atoms with Gasteiger partial charge in [-0.15, -0.1) is 0 Å². The SMILES string of the molecule is CCC(NC(=O)[C@H]1CCCN1C(=O)c1cccc(S(=O)(=O)N2CC(C#N)C2)c1)c1ccc(C(F)(F)F)cc1. The molecule has 12 heteroatoms. The number of alkyl halides is 3. The standard InChI is InChI=1S/C26H27F3N4O4S/c1-2-22(18-8-10-20(11-9-18)26(27,28)29)31-24(34)23-7-4-12-33(23)25(35)19-5-3-6-21(13-19)38(36,37)32-15-17(14-30)16-32/h3,5-6,8-11,13,17,22-23H,2,4,7,12,15-16H2,1H3,(H,31,34)/t22?,23-/m1/s1. The maximum Gasteiger partial charge on any atom is 0.416 e. The molecule has 0 radical (unpaired) electrons. The number of sulfonamides is 1. The van der Waals surface area contributed by atoms with Crippen molar-refractivity contribution in [2.75, 3.05) is 19.6 Å². The summed E-state index contributed by atoms with van der Waals surface area (Å²) in [6.45, 7) is 2.30. The van der Waals surface area contributed by atoms with E-state index in [-0.39, 0.29) is 29.5 Å². The number of carbonyl (C=O) groups is 2. The summed E-state index contributed by atoms with van der Waals surface area (Å²) in [5, 5.41) is 11.8. The third-order valence-corrected chi connectivity index (χ3v) is 8.76. The average molecular weight is 549 g/mol. The van der Waals surface area contributed by atoms with Crippen molar-refractivity contribution in [1.29, 1.82) is 5.26 Å². The van der Waals surface area contributed by atoms with Crippen molar-refractivity contribution in [2.24, 2.45) is 5.92 Å². The van der Waals surface area contributed by atoms with Crippen LogP contribution in [0.2, 0.25) is 0 Å². The monoisotopic (exact) mass is 548 g/mol. The predicted molar refractivity (Wildman–Crippen MR) is 131 cm³/mol. The zero-order valence-corrected chi connectivity index (χ0v) is 21.4. The van der Waals surface area contributed by atoms with Gasteiger partial charge in [0, 0.05) is 25.2 Å². The molecule has 2 aliphatic heterocycles. The molecule has 4 rings (SSSR count). The quantitative estimate of drug-likeness (QED) is 0.567. The highest BCUT2D eigenvalue weighted by Gasteiger charge is 2.38. The lowest BCUT2D eigenvalue weighted by Crippen LogP contribution is -2.49. The number of rotatable bonds is 7.